The van der Waals surface area contributed by atoms with Crippen LogP contribution in [0.1, 0.15) is 43.0 Å². The number of fused-ring (bicyclic) bond motifs is 1. The predicted octanol–water partition coefficient (Wildman–Crippen LogP) is 4.34. The van der Waals surface area contributed by atoms with Gasteiger partial charge in [0.2, 0.25) is 0 Å². The minimum Gasteiger partial charge on any atom is -0.340 e. The number of hydrogen-bond donors (Lipinski definition) is 2. The van der Waals surface area contributed by atoms with E-state index >= 15 is 0 Å². The van der Waals surface area contributed by atoms with Crippen molar-refractivity contribution in [3.63, 3.8) is 0 Å². The Hall–Kier alpha value is -2.97. The number of aromatic nitrogens is 4. The number of ketones is 1. The van der Waals surface area contributed by atoms with Gasteiger partial charge in [-0.05, 0) is 25.0 Å². The van der Waals surface area contributed by atoms with Crippen molar-refractivity contribution in [3.8, 4) is 0 Å². The molecule has 3 aromatic heterocycles. The van der Waals surface area contributed by atoms with Crippen molar-refractivity contribution in [2.75, 3.05) is 5.32 Å². The summed E-state index contributed by atoms with van der Waals surface area (Å²) in [5, 5.41) is 2.88. The number of imidazole rings is 1. The van der Waals surface area contributed by atoms with Crippen molar-refractivity contribution in [2.24, 2.45) is 0 Å². The van der Waals surface area contributed by atoms with E-state index < -0.39 is 11.7 Å². The molecule has 1 aliphatic rings. The van der Waals surface area contributed by atoms with Crippen molar-refractivity contribution in [1.29, 1.82) is 0 Å². The lowest BCUT2D eigenvalue weighted by Crippen LogP contribution is -2.13. The Balaban J connectivity index is 1.52. The molecule has 0 aromatic carbocycles. The molecule has 0 spiro atoms. The molecule has 2 N–H and O–H groups in total. The lowest BCUT2D eigenvalue weighted by atomic mass is 9.88. The molecule has 1 saturated carbocycles. The van der Waals surface area contributed by atoms with Crippen molar-refractivity contribution in [1.82, 2.24) is 19.9 Å². The van der Waals surface area contributed by atoms with E-state index in [1.54, 1.807) is 12.3 Å². The summed E-state index contributed by atoms with van der Waals surface area (Å²) < 4.78 is 37.8. The quantitative estimate of drug-likeness (QED) is 0.711. The third kappa shape index (κ3) is 3.76. The van der Waals surface area contributed by atoms with Crippen LogP contribution in [-0.4, -0.2) is 25.7 Å². The number of rotatable bonds is 3. The van der Waals surface area contributed by atoms with Crippen LogP contribution < -0.4 is 5.32 Å². The van der Waals surface area contributed by atoms with Gasteiger partial charge in [0.15, 0.2) is 0 Å². The first-order chi connectivity index (χ1) is 12.9. The van der Waals surface area contributed by atoms with E-state index in [-0.39, 0.29) is 11.7 Å². The molecular weight excluding hydrogens is 359 g/mol. The molecule has 0 bridgehead atoms. The van der Waals surface area contributed by atoms with E-state index in [0.29, 0.717) is 30.0 Å². The van der Waals surface area contributed by atoms with Gasteiger partial charge < -0.3 is 10.3 Å². The molecule has 0 aliphatic heterocycles. The van der Waals surface area contributed by atoms with Crippen LogP contribution in [0, 0.1) is 0 Å². The van der Waals surface area contributed by atoms with Crippen molar-refractivity contribution in [2.45, 2.75) is 37.8 Å². The minimum absolute atomic E-state index is 0.225. The van der Waals surface area contributed by atoms with Crippen LogP contribution in [0.3, 0.4) is 0 Å². The second-order valence-electron chi connectivity index (χ2n) is 6.58. The maximum absolute atomic E-state index is 12.6. The fourth-order valence-electron chi connectivity index (χ4n) is 3.17. The number of pyridine rings is 2. The van der Waals surface area contributed by atoms with E-state index in [2.05, 4.69) is 25.3 Å². The molecule has 0 radical (unpaired) electrons. The maximum Gasteiger partial charge on any atom is 0.417 e. The van der Waals surface area contributed by atoms with Crippen molar-refractivity contribution < 1.29 is 18.0 Å². The fourth-order valence-corrected chi connectivity index (χ4v) is 3.17. The average Bonchev–Trinajstić information content (AvgIpc) is 3.05. The van der Waals surface area contributed by atoms with Gasteiger partial charge in [-0.3, -0.25) is 4.79 Å². The molecule has 0 unspecified atom stereocenters. The molecule has 3 heterocycles. The lowest BCUT2D eigenvalue weighted by Gasteiger charge is -2.18. The maximum atomic E-state index is 12.6. The number of H-pyrrole nitrogens is 1. The highest BCUT2D eigenvalue weighted by Crippen LogP contribution is 2.31. The second-order valence-corrected chi connectivity index (χ2v) is 6.58. The molecule has 140 valence electrons. The summed E-state index contributed by atoms with van der Waals surface area (Å²) in [6.45, 7) is 0. The molecule has 9 heteroatoms. The predicted molar refractivity (Wildman–Crippen MR) is 92.6 cm³/mol. The van der Waals surface area contributed by atoms with E-state index in [4.69, 9.17) is 0 Å². The van der Waals surface area contributed by atoms with Crippen molar-refractivity contribution in [3.05, 3.63) is 42.0 Å². The molecule has 0 saturated heterocycles. The highest BCUT2D eigenvalue weighted by atomic mass is 19.4. The van der Waals surface area contributed by atoms with Gasteiger partial charge in [0.25, 0.3) is 0 Å². The molecular formula is C18H16F3N5O. The number of nitrogens with zero attached hydrogens (tertiary/aromatic N) is 3. The molecule has 4 rings (SSSR count). The first kappa shape index (κ1) is 17.4. The molecule has 1 fully saturated rings. The van der Waals surface area contributed by atoms with Crippen LogP contribution in [0.15, 0.2) is 30.6 Å². The highest BCUT2D eigenvalue weighted by molar-refractivity contribution is 5.80. The SMILES string of the molecule is O=C1CCC(c2nc3cc(Nc4ccc(C(F)(F)F)cn4)ncc3[nH]2)CC1. The Morgan fingerprint density at radius 2 is 1.81 bits per heavy atom. The summed E-state index contributed by atoms with van der Waals surface area (Å²) in [7, 11) is 0. The van der Waals surface area contributed by atoms with Gasteiger partial charge in [0.05, 0.1) is 22.8 Å². The molecule has 0 amide bonds. The Labute approximate surface area is 152 Å². The van der Waals surface area contributed by atoms with Crippen LogP contribution in [0.5, 0.6) is 0 Å². The van der Waals surface area contributed by atoms with Crippen LogP contribution in [0.25, 0.3) is 11.0 Å². The zero-order valence-corrected chi connectivity index (χ0v) is 14.2. The normalized spacial score (nSPS) is 16.0. The van der Waals surface area contributed by atoms with Crippen molar-refractivity contribution >= 4 is 28.5 Å². The zero-order chi connectivity index (χ0) is 19.0. The number of hydrogen-bond acceptors (Lipinski definition) is 5. The van der Waals surface area contributed by atoms with E-state index in [1.807, 2.05) is 0 Å². The minimum atomic E-state index is -4.42. The fraction of sp³-hybridized carbons (Fsp3) is 0.333. The summed E-state index contributed by atoms with van der Waals surface area (Å²) in [6, 6.07) is 3.93. The average molecular weight is 375 g/mol. The van der Waals surface area contributed by atoms with Gasteiger partial charge in [0.1, 0.15) is 23.2 Å². The van der Waals surface area contributed by atoms with Gasteiger partial charge in [0, 0.05) is 31.0 Å². The van der Waals surface area contributed by atoms with Gasteiger partial charge in [-0.2, -0.15) is 13.2 Å². The van der Waals surface area contributed by atoms with Crippen LogP contribution in [0.2, 0.25) is 0 Å². The standard InChI is InChI=1S/C18H16F3N5O/c19-18(20,21)11-3-6-15(22-8-11)26-16-7-13-14(9-23-16)25-17(24-13)10-1-4-12(27)5-2-10/h3,6-10H,1-2,4-5H2,(H,24,25)(H,22,23,26). The Morgan fingerprint density at radius 1 is 1.07 bits per heavy atom. The van der Waals surface area contributed by atoms with Gasteiger partial charge in [-0.1, -0.05) is 0 Å². The van der Waals surface area contributed by atoms with Crippen LogP contribution in [-0.2, 0) is 11.0 Å². The van der Waals surface area contributed by atoms with E-state index in [0.717, 1.165) is 36.4 Å². The number of aromatic amines is 1. The summed E-state index contributed by atoms with van der Waals surface area (Å²) >= 11 is 0. The first-order valence-electron chi connectivity index (χ1n) is 8.56. The number of carbonyl (C=O) groups is 1. The Morgan fingerprint density at radius 3 is 2.48 bits per heavy atom. The molecule has 27 heavy (non-hydrogen) atoms. The molecule has 3 aromatic rings. The van der Waals surface area contributed by atoms with Crippen LogP contribution >= 0.6 is 0 Å². The Bertz CT molecular complexity index is 971. The van der Waals surface area contributed by atoms with E-state index in [1.165, 1.54) is 6.07 Å². The second kappa shape index (κ2) is 6.64. The number of Topliss-reactive ketones (excluding diaryl/α,β-unsaturated/α-hetero) is 1. The summed E-state index contributed by atoms with van der Waals surface area (Å²) in [5.74, 6) is 2.05. The third-order valence-electron chi connectivity index (χ3n) is 4.66. The number of alkyl halides is 3. The molecule has 1 aliphatic carbocycles. The van der Waals surface area contributed by atoms with E-state index in [9.17, 15) is 18.0 Å². The number of carbonyl (C=O) groups excluding carboxylic acids is 1. The number of anilines is 2. The van der Waals surface area contributed by atoms with Crippen LogP contribution in [0.4, 0.5) is 24.8 Å². The molecule has 0 atom stereocenters. The monoisotopic (exact) mass is 375 g/mol. The molecule has 6 nitrogen and oxygen atoms in total. The first-order valence-corrected chi connectivity index (χ1v) is 8.56. The smallest absolute Gasteiger partial charge is 0.340 e. The largest absolute Gasteiger partial charge is 0.417 e. The number of halogens is 3. The lowest BCUT2D eigenvalue weighted by molar-refractivity contribution is -0.137. The topological polar surface area (TPSA) is 83.6 Å². The highest BCUT2D eigenvalue weighted by Gasteiger charge is 2.30. The van der Waals surface area contributed by atoms with Gasteiger partial charge in [-0.25, -0.2) is 15.0 Å². The summed E-state index contributed by atoms with van der Waals surface area (Å²) in [4.78, 5) is 27.2. The Kier molecular flexibility index (Phi) is 4.29. The summed E-state index contributed by atoms with van der Waals surface area (Å²) in [6.07, 6.45) is 0.694. The van der Waals surface area contributed by atoms with Gasteiger partial charge in [-0.15, -0.1) is 0 Å². The summed E-state index contributed by atoms with van der Waals surface area (Å²) in [5.41, 5.74) is 0.665. The zero-order valence-electron chi connectivity index (χ0n) is 14.2. The number of nitrogens with one attached hydrogen (secondary N) is 2. The third-order valence-corrected chi connectivity index (χ3v) is 4.66. The van der Waals surface area contributed by atoms with Gasteiger partial charge >= 0.3 is 6.18 Å².